The number of benzene rings is 1. The van der Waals surface area contributed by atoms with E-state index >= 15 is 0 Å². The highest BCUT2D eigenvalue weighted by Crippen LogP contribution is 2.13. The summed E-state index contributed by atoms with van der Waals surface area (Å²) in [4.78, 5) is 10.8. The summed E-state index contributed by atoms with van der Waals surface area (Å²) >= 11 is 0. The maximum Gasteiger partial charge on any atom is 0.321 e. The lowest BCUT2D eigenvalue weighted by Gasteiger charge is -2.20. The smallest absolute Gasteiger partial charge is 0.321 e. The quantitative estimate of drug-likeness (QED) is 0.861. The molecule has 1 N–H and O–H groups in total. The van der Waals surface area contributed by atoms with Crippen molar-refractivity contribution in [3.63, 3.8) is 0 Å². The fourth-order valence-corrected chi connectivity index (χ4v) is 2.77. The molecular weight excluding hydrogens is 268 g/mol. The number of aliphatic carboxylic acids is 1. The highest BCUT2D eigenvalue weighted by Gasteiger charge is 2.27. The summed E-state index contributed by atoms with van der Waals surface area (Å²) in [7, 11) is -2.47. The second-order valence-electron chi connectivity index (χ2n) is 4.10. The molecule has 0 aliphatic heterocycles. The van der Waals surface area contributed by atoms with Gasteiger partial charge < -0.3 is 5.11 Å². The van der Waals surface area contributed by atoms with Crippen molar-refractivity contribution in [2.24, 2.45) is 0 Å². The number of hydrogen-bond donors (Lipinski definition) is 1. The van der Waals surface area contributed by atoms with Gasteiger partial charge in [0.15, 0.2) is 0 Å². The third kappa shape index (κ3) is 3.77. The third-order valence-corrected chi connectivity index (χ3v) is 4.67. The van der Waals surface area contributed by atoms with Crippen LogP contribution in [0.2, 0.25) is 0 Å². The van der Waals surface area contributed by atoms with E-state index in [0.717, 1.165) is 4.31 Å². The molecule has 0 radical (unpaired) electrons. The number of nitrogens with zero attached hydrogens (tertiary/aromatic N) is 2. The Bertz CT molecular complexity index is 602. The zero-order chi connectivity index (χ0) is 14.6. The third-order valence-electron chi connectivity index (χ3n) is 2.77. The first kappa shape index (κ1) is 15.1. The largest absolute Gasteiger partial charge is 0.480 e. The molecule has 0 fully saturated rings. The van der Waals surface area contributed by atoms with E-state index in [9.17, 15) is 13.2 Å². The number of carbonyl (C=O) groups is 1. The van der Waals surface area contributed by atoms with Crippen LogP contribution in [-0.2, 0) is 20.6 Å². The van der Waals surface area contributed by atoms with Crippen LogP contribution in [0, 0.1) is 11.3 Å². The van der Waals surface area contributed by atoms with Gasteiger partial charge in [0.2, 0.25) is 10.0 Å². The molecule has 1 aromatic carbocycles. The summed E-state index contributed by atoms with van der Waals surface area (Å²) in [6.45, 7) is 1.30. The number of hydrogen-bond acceptors (Lipinski definition) is 4. The fraction of sp³-hybridized carbons (Fsp3) is 0.333. The summed E-state index contributed by atoms with van der Waals surface area (Å²) in [5.74, 6) is -1.50. The molecule has 0 heterocycles. The van der Waals surface area contributed by atoms with Crippen molar-refractivity contribution < 1.29 is 18.3 Å². The second-order valence-corrected chi connectivity index (χ2v) is 6.12. The Kier molecular flexibility index (Phi) is 4.64. The zero-order valence-electron chi connectivity index (χ0n) is 10.6. The summed E-state index contributed by atoms with van der Waals surface area (Å²) in [5, 5.41) is 17.4. The van der Waals surface area contributed by atoms with Crippen molar-refractivity contribution in [2.75, 3.05) is 7.05 Å². The maximum absolute atomic E-state index is 12.0. The van der Waals surface area contributed by atoms with E-state index < -0.39 is 22.0 Å². The van der Waals surface area contributed by atoms with Gasteiger partial charge in [-0.05, 0) is 24.6 Å². The van der Waals surface area contributed by atoms with Gasteiger partial charge in [0.25, 0.3) is 0 Å². The summed E-state index contributed by atoms with van der Waals surface area (Å²) in [5.41, 5.74) is 0.942. The molecule has 6 nitrogen and oxygen atoms in total. The predicted octanol–water partition coefficient (Wildman–Crippen LogP) is 0.793. The normalized spacial score (nSPS) is 12.9. The van der Waals surface area contributed by atoms with Gasteiger partial charge >= 0.3 is 5.97 Å². The number of likely N-dealkylation sites (N-methyl/N-ethyl adjacent to an activating group) is 1. The Hall–Kier alpha value is -1.91. The zero-order valence-corrected chi connectivity index (χ0v) is 11.4. The lowest BCUT2D eigenvalue weighted by atomic mass is 10.2. The second kappa shape index (κ2) is 5.82. The average molecular weight is 282 g/mol. The number of carboxylic acid groups (broad SMARTS) is 1. The molecule has 0 aliphatic rings. The molecule has 19 heavy (non-hydrogen) atoms. The number of carboxylic acids is 1. The molecule has 1 aromatic rings. The summed E-state index contributed by atoms with van der Waals surface area (Å²) in [6, 6.07) is 6.93. The Balaban J connectivity index is 2.90. The lowest BCUT2D eigenvalue weighted by Crippen LogP contribution is -2.40. The number of sulfonamides is 1. The van der Waals surface area contributed by atoms with Crippen LogP contribution in [0.5, 0.6) is 0 Å². The lowest BCUT2D eigenvalue weighted by molar-refractivity contribution is -0.140. The predicted molar refractivity (Wildman–Crippen MR) is 68.6 cm³/mol. The van der Waals surface area contributed by atoms with E-state index in [1.54, 1.807) is 0 Å². The van der Waals surface area contributed by atoms with Crippen molar-refractivity contribution in [3.05, 3.63) is 35.4 Å². The van der Waals surface area contributed by atoms with Crippen molar-refractivity contribution in [3.8, 4) is 6.07 Å². The van der Waals surface area contributed by atoms with Crippen molar-refractivity contribution in [2.45, 2.75) is 18.7 Å². The minimum Gasteiger partial charge on any atom is -0.480 e. The Morgan fingerprint density at radius 3 is 2.37 bits per heavy atom. The molecule has 1 unspecified atom stereocenters. The highest BCUT2D eigenvalue weighted by atomic mass is 32.2. The van der Waals surface area contributed by atoms with E-state index in [4.69, 9.17) is 10.4 Å². The van der Waals surface area contributed by atoms with Crippen LogP contribution >= 0.6 is 0 Å². The monoisotopic (exact) mass is 282 g/mol. The van der Waals surface area contributed by atoms with Gasteiger partial charge in [-0.15, -0.1) is 0 Å². The summed E-state index contributed by atoms with van der Waals surface area (Å²) in [6.07, 6.45) is 0. The van der Waals surface area contributed by atoms with Crippen LogP contribution in [0.15, 0.2) is 24.3 Å². The number of nitriles is 1. The first-order valence-corrected chi connectivity index (χ1v) is 7.06. The maximum atomic E-state index is 12.0. The molecule has 0 saturated heterocycles. The minimum absolute atomic E-state index is 0.299. The van der Waals surface area contributed by atoms with Gasteiger partial charge in [-0.25, -0.2) is 8.42 Å². The molecule has 0 aromatic heterocycles. The van der Waals surface area contributed by atoms with Gasteiger partial charge in [0.1, 0.15) is 6.04 Å². The Morgan fingerprint density at radius 1 is 1.42 bits per heavy atom. The van der Waals surface area contributed by atoms with Crippen LogP contribution in [0.4, 0.5) is 0 Å². The first-order valence-electron chi connectivity index (χ1n) is 5.45. The van der Waals surface area contributed by atoms with Crippen molar-refractivity contribution >= 4 is 16.0 Å². The molecule has 0 spiro atoms. The standard InChI is InChI=1S/C12H14N2O4S/c1-9(12(15)16)14(2)19(17,18)8-11-5-3-10(7-13)4-6-11/h3-6,9H,8H2,1-2H3,(H,15,16). The first-order chi connectivity index (χ1) is 8.77. The van der Waals surface area contributed by atoms with E-state index in [1.165, 1.54) is 38.2 Å². The molecule has 0 bridgehead atoms. The molecule has 0 saturated carbocycles. The van der Waals surface area contributed by atoms with Crippen LogP contribution in [0.1, 0.15) is 18.1 Å². The van der Waals surface area contributed by atoms with Gasteiger partial charge in [-0.1, -0.05) is 12.1 Å². The highest BCUT2D eigenvalue weighted by molar-refractivity contribution is 7.88. The molecule has 0 aliphatic carbocycles. The van der Waals surface area contributed by atoms with Crippen LogP contribution in [0.3, 0.4) is 0 Å². The van der Waals surface area contributed by atoms with Crippen molar-refractivity contribution in [1.82, 2.24) is 4.31 Å². The van der Waals surface area contributed by atoms with Crippen LogP contribution in [-0.4, -0.2) is 36.9 Å². The van der Waals surface area contributed by atoms with E-state index in [-0.39, 0.29) is 5.75 Å². The number of rotatable bonds is 5. The molecule has 102 valence electrons. The molecule has 7 heteroatoms. The van der Waals surface area contributed by atoms with Gasteiger partial charge in [0.05, 0.1) is 17.4 Å². The molecule has 1 atom stereocenters. The van der Waals surface area contributed by atoms with E-state index in [2.05, 4.69) is 0 Å². The van der Waals surface area contributed by atoms with Crippen molar-refractivity contribution in [1.29, 1.82) is 5.26 Å². The van der Waals surface area contributed by atoms with Crippen LogP contribution < -0.4 is 0 Å². The Morgan fingerprint density at radius 2 is 1.95 bits per heavy atom. The molecule has 1 rings (SSSR count). The van der Waals surface area contributed by atoms with Crippen LogP contribution in [0.25, 0.3) is 0 Å². The van der Waals surface area contributed by atoms with E-state index in [1.807, 2.05) is 6.07 Å². The van der Waals surface area contributed by atoms with E-state index in [0.29, 0.717) is 11.1 Å². The fourth-order valence-electron chi connectivity index (χ4n) is 1.38. The SMILES string of the molecule is CC(C(=O)O)N(C)S(=O)(=O)Cc1ccc(C#N)cc1. The minimum atomic E-state index is -3.71. The van der Waals surface area contributed by atoms with Gasteiger partial charge in [-0.3, -0.25) is 4.79 Å². The molecule has 0 amide bonds. The van der Waals surface area contributed by atoms with Gasteiger partial charge in [-0.2, -0.15) is 9.57 Å². The van der Waals surface area contributed by atoms with Gasteiger partial charge in [0, 0.05) is 7.05 Å². The topological polar surface area (TPSA) is 98.5 Å². The Labute approximate surface area is 111 Å². The molecular formula is C12H14N2O4S. The average Bonchev–Trinajstić information content (AvgIpc) is 2.37. The summed E-state index contributed by atoms with van der Waals surface area (Å²) < 4.78 is 24.8.